The number of aryl methyl sites for hydroxylation is 1. The fraction of sp³-hybridized carbons (Fsp3) is 0.846. The van der Waals surface area contributed by atoms with Crippen molar-refractivity contribution in [2.75, 3.05) is 13.1 Å². The Labute approximate surface area is 108 Å². The summed E-state index contributed by atoms with van der Waals surface area (Å²) in [6, 6.07) is 0.356. The summed E-state index contributed by atoms with van der Waals surface area (Å²) in [6.45, 7) is 5.30. The van der Waals surface area contributed by atoms with Crippen LogP contribution in [0, 0.1) is 0 Å². The van der Waals surface area contributed by atoms with E-state index >= 15 is 0 Å². The lowest BCUT2D eigenvalue weighted by molar-refractivity contribution is 0.130. The molecule has 0 bridgehead atoms. The highest BCUT2D eigenvalue weighted by Gasteiger charge is 2.29. The Kier molecular flexibility index (Phi) is 3.35. The number of aliphatic hydroxyl groups excluding tert-OH is 1. The summed E-state index contributed by atoms with van der Waals surface area (Å²) in [6.07, 6.45) is 5.08. The van der Waals surface area contributed by atoms with Crippen LogP contribution in [0.1, 0.15) is 62.8 Å². The van der Waals surface area contributed by atoms with Crippen LogP contribution in [0.2, 0.25) is 0 Å². The topological polar surface area (TPSA) is 54.2 Å². The lowest BCUT2D eigenvalue weighted by Crippen LogP contribution is -2.33. The summed E-state index contributed by atoms with van der Waals surface area (Å²) in [5.74, 6) is 1.70. The Hall–Kier alpha value is -0.940. The molecule has 5 nitrogen and oxygen atoms in total. The van der Waals surface area contributed by atoms with Gasteiger partial charge in [-0.05, 0) is 38.8 Å². The van der Waals surface area contributed by atoms with Gasteiger partial charge in [-0.2, -0.15) is 5.10 Å². The van der Waals surface area contributed by atoms with E-state index in [1.807, 2.05) is 4.68 Å². The summed E-state index contributed by atoms with van der Waals surface area (Å²) in [4.78, 5) is 7.07. The van der Waals surface area contributed by atoms with Crippen LogP contribution in [0.3, 0.4) is 0 Å². The van der Waals surface area contributed by atoms with Crippen LogP contribution in [0.25, 0.3) is 0 Å². The highest BCUT2D eigenvalue weighted by atomic mass is 16.3. The van der Waals surface area contributed by atoms with Crippen molar-refractivity contribution in [2.45, 2.75) is 57.7 Å². The van der Waals surface area contributed by atoms with Crippen molar-refractivity contribution < 1.29 is 5.11 Å². The largest absolute Gasteiger partial charge is 0.385 e. The molecule has 1 N–H and O–H groups in total. The van der Waals surface area contributed by atoms with Crippen molar-refractivity contribution >= 4 is 0 Å². The van der Waals surface area contributed by atoms with Gasteiger partial charge in [0.25, 0.3) is 0 Å². The number of aromatic nitrogens is 3. The molecule has 1 saturated heterocycles. The average molecular weight is 250 g/mol. The van der Waals surface area contributed by atoms with Crippen LogP contribution in [-0.2, 0) is 6.54 Å². The zero-order chi connectivity index (χ0) is 12.5. The fourth-order valence-corrected chi connectivity index (χ4v) is 3.15. The van der Waals surface area contributed by atoms with Crippen molar-refractivity contribution in [1.29, 1.82) is 0 Å². The molecule has 2 aliphatic heterocycles. The summed E-state index contributed by atoms with van der Waals surface area (Å²) in [7, 11) is 0. The smallest absolute Gasteiger partial charge is 0.168 e. The molecule has 0 radical (unpaired) electrons. The van der Waals surface area contributed by atoms with E-state index in [1.165, 1.54) is 12.8 Å². The van der Waals surface area contributed by atoms with E-state index < -0.39 is 6.10 Å². The minimum Gasteiger partial charge on any atom is -0.385 e. The highest BCUT2D eigenvalue weighted by molar-refractivity contribution is 5.04. The number of fused-ring (bicyclic) bond motifs is 1. The number of rotatable bonds is 2. The second-order valence-electron chi connectivity index (χ2n) is 5.35. The monoisotopic (exact) mass is 250 g/mol. The molecule has 0 aromatic carbocycles. The van der Waals surface area contributed by atoms with Gasteiger partial charge < -0.3 is 5.11 Å². The lowest BCUT2D eigenvalue weighted by atomic mass is 10.0. The number of likely N-dealkylation sites (tertiary alicyclic amines) is 1. The van der Waals surface area contributed by atoms with Crippen LogP contribution in [0.4, 0.5) is 0 Å². The first kappa shape index (κ1) is 12.1. The van der Waals surface area contributed by atoms with E-state index in [1.54, 1.807) is 0 Å². The SMILES string of the molecule is CCN1CCCCC1c1nc2n(n1)CCCC2O. The first-order chi connectivity index (χ1) is 8.79. The first-order valence-corrected chi connectivity index (χ1v) is 7.16. The Morgan fingerprint density at radius 2 is 2.11 bits per heavy atom. The number of piperidine rings is 1. The summed E-state index contributed by atoms with van der Waals surface area (Å²) >= 11 is 0. The number of hydrogen-bond donors (Lipinski definition) is 1. The van der Waals surface area contributed by atoms with Gasteiger partial charge in [0.2, 0.25) is 0 Å². The zero-order valence-electron chi connectivity index (χ0n) is 11.0. The molecule has 0 saturated carbocycles. The van der Waals surface area contributed by atoms with Gasteiger partial charge in [0, 0.05) is 6.54 Å². The molecule has 5 heteroatoms. The van der Waals surface area contributed by atoms with E-state index in [2.05, 4.69) is 21.9 Å². The predicted molar refractivity (Wildman–Crippen MR) is 68.1 cm³/mol. The number of aliphatic hydroxyl groups is 1. The Bertz CT molecular complexity index is 417. The minimum absolute atomic E-state index is 0.356. The molecule has 1 aromatic rings. The van der Waals surface area contributed by atoms with Gasteiger partial charge in [-0.25, -0.2) is 9.67 Å². The van der Waals surface area contributed by atoms with E-state index in [-0.39, 0.29) is 0 Å². The van der Waals surface area contributed by atoms with Crippen molar-refractivity contribution in [2.24, 2.45) is 0 Å². The third-order valence-corrected chi connectivity index (χ3v) is 4.18. The molecule has 1 aromatic heterocycles. The highest BCUT2D eigenvalue weighted by Crippen LogP contribution is 2.31. The van der Waals surface area contributed by atoms with Gasteiger partial charge in [0.15, 0.2) is 11.6 Å². The quantitative estimate of drug-likeness (QED) is 0.867. The van der Waals surface area contributed by atoms with Crippen molar-refractivity contribution in [1.82, 2.24) is 19.7 Å². The summed E-state index contributed by atoms with van der Waals surface area (Å²) < 4.78 is 1.91. The van der Waals surface area contributed by atoms with Crippen LogP contribution in [0.15, 0.2) is 0 Å². The molecule has 3 heterocycles. The van der Waals surface area contributed by atoms with E-state index in [0.717, 1.165) is 50.5 Å². The lowest BCUT2D eigenvalue weighted by Gasteiger charge is -2.32. The van der Waals surface area contributed by atoms with Gasteiger partial charge in [0.1, 0.15) is 6.10 Å². The molecule has 2 atom stereocenters. The third kappa shape index (κ3) is 2.06. The molecular weight excluding hydrogens is 228 g/mol. The first-order valence-electron chi connectivity index (χ1n) is 7.16. The van der Waals surface area contributed by atoms with Crippen molar-refractivity contribution in [3.63, 3.8) is 0 Å². The molecule has 2 aliphatic rings. The molecule has 0 amide bonds. The second-order valence-corrected chi connectivity index (χ2v) is 5.35. The van der Waals surface area contributed by atoms with Gasteiger partial charge in [0.05, 0.1) is 6.04 Å². The number of nitrogens with zero attached hydrogens (tertiary/aromatic N) is 4. The Morgan fingerprint density at radius 1 is 1.22 bits per heavy atom. The molecule has 100 valence electrons. The van der Waals surface area contributed by atoms with Crippen LogP contribution >= 0.6 is 0 Å². The average Bonchev–Trinajstić information content (AvgIpc) is 2.84. The summed E-state index contributed by atoms with van der Waals surface area (Å²) in [5, 5.41) is 14.6. The van der Waals surface area contributed by atoms with Crippen molar-refractivity contribution in [3.05, 3.63) is 11.6 Å². The predicted octanol–water partition coefficient (Wildman–Crippen LogP) is 1.65. The minimum atomic E-state index is -0.418. The van der Waals surface area contributed by atoms with Gasteiger partial charge in [-0.15, -0.1) is 0 Å². The molecule has 0 aliphatic carbocycles. The Balaban J connectivity index is 1.87. The molecule has 18 heavy (non-hydrogen) atoms. The molecule has 0 spiro atoms. The number of hydrogen-bond acceptors (Lipinski definition) is 4. The van der Waals surface area contributed by atoms with Crippen LogP contribution in [-0.4, -0.2) is 37.9 Å². The van der Waals surface area contributed by atoms with E-state index in [9.17, 15) is 5.11 Å². The standard InChI is InChI=1S/C13H22N4O/c1-2-16-8-4-3-6-10(16)12-14-13-11(18)7-5-9-17(13)15-12/h10-11,18H,2-9H2,1H3. The zero-order valence-corrected chi connectivity index (χ0v) is 11.0. The van der Waals surface area contributed by atoms with Gasteiger partial charge in [-0.1, -0.05) is 13.3 Å². The van der Waals surface area contributed by atoms with E-state index in [0.29, 0.717) is 6.04 Å². The van der Waals surface area contributed by atoms with E-state index in [4.69, 9.17) is 0 Å². The van der Waals surface area contributed by atoms with Crippen LogP contribution < -0.4 is 0 Å². The molecule has 3 rings (SSSR count). The maximum Gasteiger partial charge on any atom is 0.168 e. The third-order valence-electron chi connectivity index (χ3n) is 4.18. The molecule has 1 fully saturated rings. The van der Waals surface area contributed by atoms with Gasteiger partial charge >= 0.3 is 0 Å². The van der Waals surface area contributed by atoms with Crippen molar-refractivity contribution in [3.8, 4) is 0 Å². The maximum absolute atomic E-state index is 9.96. The summed E-state index contributed by atoms with van der Waals surface area (Å²) in [5.41, 5.74) is 0. The molecule has 2 unspecified atom stereocenters. The molecular formula is C13H22N4O. The maximum atomic E-state index is 9.96. The van der Waals surface area contributed by atoms with Gasteiger partial charge in [-0.3, -0.25) is 4.90 Å². The fourth-order valence-electron chi connectivity index (χ4n) is 3.15. The Morgan fingerprint density at radius 3 is 2.89 bits per heavy atom. The second kappa shape index (κ2) is 4.97. The van der Waals surface area contributed by atoms with Crippen LogP contribution in [0.5, 0.6) is 0 Å². The normalized spacial score (nSPS) is 29.2.